The summed E-state index contributed by atoms with van der Waals surface area (Å²) in [5.41, 5.74) is 3.49. The Morgan fingerprint density at radius 2 is 1.25 bits per heavy atom. The number of nitrogens with zero attached hydrogens (tertiary/aromatic N) is 1. The van der Waals surface area contributed by atoms with Gasteiger partial charge in [-0.1, -0.05) is 91.0 Å². The number of amides is 2. The van der Waals surface area contributed by atoms with Crippen LogP contribution in [0.25, 0.3) is 5.57 Å². The Morgan fingerprint density at radius 3 is 1.86 bits per heavy atom. The molecule has 4 rings (SSSR count). The summed E-state index contributed by atoms with van der Waals surface area (Å²) in [5, 5.41) is 0. The molecular weight excluding hydrogens is 350 g/mol. The van der Waals surface area contributed by atoms with Gasteiger partial charge < -0.3 is 4.74 Å². The summed E-state index contributed by atoms with van der Waals surface area (Å²) in [6.45, 7) is 0.190. The Kier molecular flexibility index (Phi) is 5.02. The Labute approximate surface area is 163 Å². The molecular formula is C24H19NO3. The minimum absolute atomic E-state index is 0.107. The summed E-state index contributed by atoms with van der Waals surface area (Å²) in [7, 11) is 0. The first-order chi connectivity index (χ1) is 13.7. The molecule has 1 saturated heterocycles. The van der Waals surface area contributed by atoms with Gasteiger partial charge in [0.05, 0.1) is 6.54 Å². The van der Waals surface area contributed by atoms with E-state index in [2.05, 4.69) is 0 Å². The fourth-order valence-electron chi connectivity index (χ4n) is 3.24. The highest BCUT2D eigenvalue weighted by atomic mass is 16.6. The number of imide groups is 1. The lowest BCUT2D eigenvalue weighted by atomic mass is 9.96. The number of hydrogen-bond donors (Lipinski definition) is 0. The number of cyclic esters (lactones) is 1. The van der Waals surface area contributed by atoms with Gasteiger partial charge in [0.25, 0.3) is 5.91 Å². The highest BCUT2D eigenvalue weighted by molar-refractivity contribution is 6.11. The first-order valence-electron chi connectivity index (χ1n) is 9.12. The molecule has 1 fully saturated rings. The molecule has 0 aromatic heterocycles. The van der Waals surface area contributed by atoms with Gasteiger partial charge in [0.2, 0.25) is 5.76 Å². The van der Waals surface area contributed by atoms with Crippen LogP contribution in [0.2, 0.25) is 0 Å². The fourth-order valence-corrected chi connectivity index (χ4v) is 3.24. The highest BCUT2D eigenvalue weighted by Crippen LogP contribution is 2.30. The minimum Gasteiger partial charge on any atom is -0.404 e. The van der Waals surface area contributed by atoms with Crippen molar-refractivity contribution in [1.82, 2.24) is 4.90 Å². The molecule has 138 valence electrons. The van der Waals surface area contributed by atoms with Crippen molar-refractivity contribution < 1.29 is 14.3 Å². The van der Waals surface area contributed by atoms with Crippen LogP contribution in [0.15, 0.2) is 96.8 Å². The number of carbonyl (C=O) groups excluding carboxylic acids is 2. The second-order valence-electron chi connectivity index (χ2n) is 6.58. The van der Waals surface area contributed by atoms with Crippen LogP contribution < -0.4 is 0 Å². The molecule has 1 heterocycles. The van der Waals surface area contributed by atoms with Gasteiger partial charge in [-0.15, -0.1) is 0 Å². The SMILES string of the molecule is O=C1OC(=C(Cc2ccccc2)c2ccccc2)C(=O)N1Cc1ccccc1. The lowest BCUT2D eigenvalue weighted by Crippen LogP contribution is -2.28. The van der Waals surface area contributed by atoms with Crippen molar-refractivity contribution in [3.63, 3.8) is 0 Å². The predicted molar refractivity (Wildman–Crippen MR) is 107 cm³/mol. The summed E-state index contributed by atoms with van der Waals surface area (Å²) in [6.07, 6.45) is -0.136. The van der Waals surface area contributed by atoms with E-state index in [0.717, 1.165) is 21.6 Å². The predicted octanol–water partition coefficient (Wildman–Crippen LogP) is 4.82. The van der Waals surface area contributed by atoms with Crippen LogP contribution in [0.4, 0.5) is 4.79 Å². The largest absolute Gasteiger partial charge is 0.422 e. The van der Waals surface area contributed by atoms with E-state index in [0.29, 0.717) is 12.0 Å². The maximum atomic E-state index is 13.0. The molecule has 0 saturated carbocycles. The topological polar surface area (TPSA) is 46.6 Å². The van der Waals surface area contributed by atoms with Crippen LogP contribution in [0.1, 0.15) is 16.7 Å². The summed E-state index contributed by atoms with van der Waals surface area (Å²) >= 11 is 0. The first kappa shape index (κ1) is 17.7. The maximum absolute atomic E-state index is 13.0. The quantitative estimate of drug-likeness (QED) is 0.606. The third-order valence-electron chi connectivity index (χ3n) is 4.65. The molecule has 1 aliphatic heterocycles. The first-order valence-corrected chi connectivity index (χ1v) is 9.12. The van der Waals surface area contributed by atoms with Crippen LogP contribution in [-0.2, 0) is 22.5 Å². The molecule has 0 radical (unpaired) electrons. The zero-order valence-corrected chi connectivity index (χ0v) is 15.2. The highest BCUT2D eigenvalue weighted by Gasteiger charge is 2.38. The van der Waals surface area contributed by atoms with Crippen molar-refractivity contribution in [1.29, 1.82) is 0 Å². The second-order valence-corrected chi connectivity index (χ2v) is 6.58. The van der Waals surface area contributed by atoms with Crippen LogP contribution >= 0.6 is 0 Å². The third-order valence-corrected chi connectivity index (χ3v) is 4.65. The average molecular weight is 369 g/mol. The van der Waals surface area contributed by atoms with E-state index in [4.69, 9.17) is 4.74 Å². The Hall–Kier alpha value is -3.66. The molecule has 4 nitrogen and oxygen atoms in total. The van der Waals surface area contributed by atoms with Gasteiger partial charge in [-0.2, -0.15) is 0 Å². The second kappa shape index (κ2) is 7.92. The third kappa shape index (κ3) is 3.71. The molecule has 3 aromatic rings. The number of rotatable bonds is 5. The standard InChI is InChI=1S/C24H19NO3/c26-23-22(28-24(27)25(23)17-19-12-6-2-7-13-19)21(20-14-8-3-9-15-20)16-18-10-4-1-5-11-18/h1-15H,16-17H2. The maximum Gasteiger partial charge on any atom is 0.422 e. The summed E-state index contributed by atoms with van der Waals surface area (Å²) < 4.78 is 5.46. The fraction of sp³-hybridized carbons (Fsp3) is 0.0833. The Balaban J connectivity index is 1.71. The van der Waals surface area contributed by atoms with Crippen molar-refractivity contribution in [3.05, 3.63) is 113 Å². The van der Waals surface area contributed by atoms with E-state index < -0.39 is 12.0 Å². The number of allylic oxidation sites excluding steroid dienone is 1. The van der Waals surface area contributed by atoms with Crippen LogP contribution in [0.5, 0.6) is 0 Å². The Morgan fingerprint density at radius 1 is 0.714 bits per heavy atom. The van der Waals surface area contributed by atoms with Crippen LogP contribution in [0.3, 0.4) is 0 Å². The van der Waals surface area contributed by atoms with Crippen molar-refractivity contribution in [2.75, 3.05) is 0 Å². The molecule has 4 heteroatoms. The number of benzene rings is 3. The van der Waals surface area contributed by atoms with E-state index >= 15 is 0 Å². The van der Waals surface area contributed by atoms with Gasteiger partial charge in [0.15, 0.2) is 0 Å². The van der Waals surface area contributed by atoms with Crippen LogP contribution in [-0.4, -0.2) is 16.9 Å². The monoisotopic (exact) mass is 369 g/mol. The van der Waals surface area contributed by atoms with Crippen LogP contribution in [0, 0.1) is 0 Å². The Bertz CT molecular complexity index is 1010. The summed E-state index contributed by atoms with van der Waals surface area (Å²) in [6, 6.07) is 28.8. The number of hydrogen-bond acceptors (Lipinski definition) is 3. The normalized spacial score (nSPS) is 15.5. The number of carbonyl (C=O) groups is 2. The molecule has 0 bridgehead atoms. The van der Waals surface area contributed by atoms with Crippen molar-refractivity contribution >= 4 is 17.6 Å². The summed E-state index contributed by atoms with van der Waals surface area (Å²) in [5.74, 6) is -0.292. The average Bonchev–Trinajstić information content (AvgIpc) is 3.02. The lowest BCUT2D eigenvalue weighted by Gasteiger charge is -2.11. The molecule has 3 aromatic carbocycles. The van der Waals surface area contributed by atoms with Gasteiger partial charge in [0, 0.05) is 12.0 Å². The van der Waals surface area contributed by atoms with Gasteiger partial charge >= 0.3 is 6.09 Å². The smallest absolute Gasteiger partial charge is 0.404 e. The minimum atomic E-state index is -0.634. The van der Waals surface area contributed by atoms with Gasteiger partial charge in [-0.25, -0.2) is 9.69 Å². The van der Waals surface area contributed by atoms with E-state index in [1.807, 2.05) is 91.0 Å². The lowest BCUT2D eigenvalue weighted by molar-refractivity contribution is -0.123. The molecule has 28 heavy (non-hydrogen) atoms. The zero-order valence-electron chi connectivity index (χ0n) is 15.2. The van der Waals surface area contributed by atoms with Gasteiger partial charge in [-0.3, -0.25) is 4.79 Å². The van der Waals surface area contributed by atoms with Crippen molar-refractivity contribution in [2.24, 2.45) is 0 Å². The van der Waals surface area contributed by atoms with Crippen molar-refractivity contribution in [3.8, 4) is 0 Å². The van der Waals surface area contributed by atoms with E-state index in [1.165, 1.54) is 0 Å². The van der Waals surface area contributed by atoms with E-state index in [1.54, 1.807) is 0 Å². The van der Waals surface area contributed by atoms with E-state index in [-0.39, 0.29) is 12.3 Å². The molecule has 0 atom stereocenters. The van der Waals surface area contributed by atoms with Gasteiger partial charge in [0.1, 0.15) is 0 Å². The molecule has 1 aliphatic rings. The zero-order chi connectivity index (χ0) is 19.3. The molecule has 0 N–H and O–H groups in total. The molecule has 0 unspecified atom stereocenters. The van der Waals surface area contributed by atoms with E-state index in [9.17, 15) is 9.59 Å². The molecule has 0 aliphatic carbocycles. The number of ether oxygens (including phenoxy) is 1. The molecule has 0 spiro atoms. The molecule has 2 amide bonds. The van der Waals surface area contributed by atoms with Crippen molar-refractivity contribution in [2.45, 2.75) is 13.0 Å². The van der Waals surface area contributed by atoms with Gasteiger partial charge in [-0.05, 0) is 16.7 Å². The summed E-state index contributed by atoms with van der Waals surface area (Å²) in [4.78, 5) is 26.6.